The van der Waals surface area contributed by atoms with Gasteiger partial charge in [-0.3, -0.25) is 9.89 Å². The van der Waals surface area contributed by atoms with Crippen LogP contribution in [0, 0.1) is 11.3 Å². The van der Waals surface area contributed by atoms with Gasteiger partial charge < -0.3 is 9.47 Å². The van der Waals surface area contributed by atoms with Gasteiger partial charge in [0.05, 0.1) is 5.52 Å². The molecule has 1 N–H and O–H groups in total. The van der Waals surface area contributed by atoms with Crippen molar-refractivity contribution in [3.8, 4) is 0 Å². The lowest BCUT2D eigenvalue weighted by atomic mass is 9.67. The van der Waals surface area contributed by atoms with Crippen LogP contribution in [-0.4, -0.2) is 48.9 Å². The predicted molar refractivity (Wildman–Crippen MR) is 115 cm³/mol. The van der Waals surface area contributed by atoms with E-state index in [0.717, 1.165) is 42.7 Å². The third-order valence-electron chi connectivity index (χ3n) is 6.98. The highest BCUT2D eigenvalue weighted by Crippen LogP contribution is 2.52. The topological polar surface area (TPSA) is 79.7 Å². The molecule has 1 aromatic carbocycles. The van der Waals surface area contributed by atoms with Crippen LogP contribution in [0.5, 0.6) is 0 Å². The fraction of sp³-hybridized carbons (Fsp3) is 0.565. The molecular formula is C23H30N6O. The van der Waals surface area contributed by atoms with Gasteiger partial charge in [-0.2, -0.15) is 5.10 Å². The fourth-order valence-electron chi connectivity index (χ4n) is 5.59. The lowest BCUT2D eigenvalue weighted by molar-refractivity contribution is 0.0754. The van der Waals surface area contributed by atoms with Gasteiger partial charge in [0.2, 0.25) is 0 Å². The Kier molecular flexibility index (Phi) is 4.83. The number of nitrogens with one attached hydrogen (secondary N) is 1. The van der Waals surface area contributed by atoms with Crippen LogP contribution in [0.1, 0.15) is 68.2 Å². The number of hydrogen-bond acceptors (Lipinski definition) is 4. The smallest absolute Gasteiger partial charge is 0.275 e. The van der Waals surface area contributed by atoms with Crippen LogP contribution >= 0.6 is 0 Å². The minimum Gasteiger partial charge on any atom is -0.336 e. The van der Waals surface area contributed by atoms with Gasteiger partial charge in [0, 0.05) is 30.9 Å². The average Bonchev–Trinajstić information content (AvgIpc) is 3.45. The van der Waals surface area contributed by atoms with E-state index < -0.39 is 0 Å². The van der Waals surface area contributed by atoms with E-state index in [9.17, 15) is 4.79 Å². The molecule has 1 atom stereocenters. The SMILES string of the molecule is CC(C)Cn1cnnc1C1CN(C(=O)c2n[nH]c3ccccc23)CC12CCCCC2. The Morgan fingerprint density at radius 2 is 2.03 bits per heavy atom. The van der Waals surface area contributed by atoms with Gasteiger partial charge in [-0.05, 0) is 30.2 Å². The number of rotatable bonds is 4. The number of nitrogens with zero attached hydrogens (tertiary/aromatic N) is 5. The molecule has 3 aromatic rings. The van der Waals surface area contributed by atoms with Crippen molar-refractivity contribution in [1.82, 2.24) is 29.9 Å². The second-order valence-corrected chi connectivity index (χ2v) is 9.51. The van der Waals surface area contributed by atoms with Crippen molar-refractivity contribution in [3.63, 3.8) is 0 Å². The highest BCUT2D eigenvalue weighted by Gasteiger charge is 2.51. The molecule has 30 heavy (non-hydrogen) atoms. The minimum atomic E-state index is 0.0230. The van der Waals surface area contributed by atoms with Gasteiger partial charge in [0.1, 0.15) is 12.2 Å². The minimum absolute atomic E-state index is 0.0230. The molecule has 1 aliphatic carbocycles. The first kappa shape index (κ1) is 19.3. The van der Waals surface area contributed by atoms with Crippen molar-refractivity contribution in [1.29, 1.82) is 0 Å². The number of fused-ring (bicyclic) bond motifs is 1. The summed E-state index contributed by atoms with van der Waals surface area (Å²) in [6.07, 6.45) is 7.89. The first-order valence-electron chi connectivity index (χ1n) is 11.2. The molecule has 0 radical (unpaired) electrons. The lowest BCUT2D eigenvalue weighted by Crippen LogP contribution is -2.35. The van der Waals surface area contributed by atoms with Crippen molar-refractivity contribution in [3.05, 3.63) is 42.1 Å². The van der Waals surface area contributed by atoms with Crippen LogP contribution in [0.4, 0.5) is 0 Å². The number of aromatic amines is 1. The summed E-state index contributed by atoms with van der Waals surface area (Å²) in [7, 11) is 0. The Morgan fingerprint density at radius 1 is 1.23 bits per heavy atom. The number of para-hydroxylation sites is 1. The number of H-pyrrole nitrogens is 1. The van der Waals surface area contributed by atoms with Gasteiger partial charge in [0.15, 0.2) is 5.69 Å². The summed E-state index contributed by atoms with van der Waals surface area (Å²) in [5.74, 6) is 1.83. The third kappa shape index (κ3) is 3.20. The first-order chi connectivity index (χ1) is 14.6. The van der Waals surface area contributed by atoms with Crippen LogP contribution < -0.4 is 0 Å². The maximum atomic E-state index is 13.5. The molecule has 2 aromatic heterocycles. The van der Waals surface area contributed by atoms with E-state index in [0.29, 0.717) is 18.2 Å². The van der Waals surface area contributed by atoms with E-state index in [1.807, 2.05) is 35.5 Å². The molecule has 2 fully saturated rings. The van der Waals surface area contributed by atoms with Gasteiger partial charge in [0.25, 0.3) is 5.91 Å². The van der Waals surface area contributed by atoms with Gasteiger partial charge in [-0.25, -0.2) is 0 Å². The quantitative estimate of drug-likeness (QED) is 0.710. The Labute approximate surface area is 176 Å². The van der Waals surface area contributed by atoms with Gasteiger partial charge in [-0.1, -0.05) is 51.3 Å². The number of carbonyl (C=O) groups excluding carboxylic acids is 1. The van der Waals surface area contributed by atoms with E-state index in [1.165, 1.54) is 19.3 Å². The Morgan fingerprint density at radius 3 is 2.83 bits per heavy atom. The lowest BCUT2D eigenvalue weighted by Gasteiger charge is -2.37. The second kappa shape index (κ2) is 7.52. The highest BCUT2D eigenvalue weighted by atomic mass is 16.2. The molecule has 1 unspecified atom stereocenters. The number of aromatic nitrogens is 5. The van der Waals surface area contributed by atoms with E-state index in [4.69, 9.17) is 0 Å². The summed E-state index contributed by atoms with van der Waals surface area (Å²) in [5, 5.41) is 17.1. The molecule has 1 amide bonds. The maximum absolute atomic E-state index is 13.5. The molecular weight excluding hydrogens is 376 g/mol. The zero-order valence-corrected chi connectivity index (χ0v) is 17.8. The molecule has 2 aliphatic rings. The number of likely N-dealkylation sites (tertiary alicyclic amines) is 1. The summed E-state index contributed by atoms with van der Waals surface area (Å²) >= 11 is 0. The maximum Gasteiger partial charge on any atom is 0.275 e. The summed E-state index contributed by atoms with van der Waals surface area (Å²) < 4.78 is 2.21. The van der Waals surface area contributed by atoms with Crippen molar-refractivity contribution < 1.29 is 4.79 Å². The molecule has 7 nitrogen and oxygen atoms in total. The van der Waals surface area contributed by atoms with Crippen molar-refractivity contribution in [2.75, 3.05) is 13.1 Å². The molecule has 1 spiro atoms. The standard InChI is InChI=1S/C23H30N6O/c1-16(2)12-29-15-24-27-21(29)18-13-28(14-23(18)10-6-3-7-11-23)22(30)20-17-8-4-5-9-19(17)25-26-20/h4-5,8-9,15-16,18H,3,6-7,10-14H2,1-2H3,(H,25,26). The van der Waals surface area contributed by atoms with E-state index in [2.05, 4.69) is 38.8 Å². The van der Waals surface area contributed by atoms with E-state index >= 15 is 0 Å². The van der Waals surface area contributed by atoms with Crippen molar-refractivity contribution in [2.24, 2.45) is 11.3 Å². The summed E-state index contributed by atoms with van der Waals surface area (Å²) in [6, 6.07) is 7.84. The van der Waals surface area contributed by atoms with E-state index in [-0.39, 0.29) is 17.2 Å². The predicted octanol–water partition coefficient (Wildman–Crippen LogP) is 4.00. The molecule has 3 heterocycles. The number of amides is 1. The van der Waals surface area contributed by atoms with Crippen LogP contribution in [0.2, 0.25) is 0 Å². The Bertz CT molecular complexity index is 1040. The van der Waals surface area contributed by atoms with Crippen LogP contribution in [-0.2, 0) is 6.54 Å². The normalized spacial score (nSPS) is 21.2. The molecule has 158 valence electrons. The average molecular weight is 407 g/mol. The largest absolute Gasteiger partial charge is 0.336 e. The molecule has 1 saturated heterocycles. The molecule has 1 saturated carbocycles. The van der Waals surface area contributed by atoms with Gasteiger partial charge >= 0.3 is 0 Å². The Balaban J connectivity index is 1.49. The van der Waals surface area contributed by atoms with Crippen LogP contribution in [0.3, 0.4) is 0 Å². The van der Waals surface area contributed by atoms with Crippen molar-refractivity contribution >= 4 is 16.8 Å². The zero-order valence-electron chi connectivity index (χ0n) is 17.8. The van der Waals surface area contributed by atoms with Crippen LogP contribution in [0.15, 0.2) is 30.6 Å². The highest BCUT2D eigenvalue weighted by molar-refractivity contribution is 6.04. The fourth-order valence-corrected chi connectivity index (χ4v) is 5.59. The van der Waals surface area contributed by atoms with Gasteiger partial charge in [-0.15, -0.1) is 10.2 Å². The summed E-state index contributed by atoms with van der Waals surface area (Å²) in [6.45, 7) is 6.82. The first-order valence-corrected chi connectivity index (χ1v) is 11.2. The Hall–Kier alpha value is -2.70. The van der Waals surface area contributed by atoms with E-state index in [1.54, 1.807) is 0 Å². The number of carbonyl (C=O) groups is 1. The van der Waals surface area contributed by atoms with Crippen molar-refractivity contribution in [2.45, 2.75) is 58.4 Å². The molecule has 5 rings (SSSR count). The number of benzene rings is 1. The molecule has 7 heteroatoms. The summed E-state index contributed by atoms with van der Waals surface area (Å²) in [5.41, 5.74) is 1.53. The van der Waals surface area contributed by atoms with Crippen LogP contribution in [0.25, 0.3) is 10.9 Å². The monoisotopic (exact) mass is 406 g/mol. The summed E-state index contributed by atoms with van der Waals surface area (Å²) in [4.78, 5) is 15.5. The second-order valence-electron chi connectivity index (χ2n) is 9.51. The zero-order chi connectivity index (χ0) is 20.7. The molecule has 1 aliphatic heterocycles. The number of hydrogen-bond donors (Lipinski definition) is 1. The third-order valence-corrected chi connectivity index (χ3v) is 6.98. The molecule has 0 bridgehead atoms.